The van der Waals surface area contributed by atoms with Crippen LogP contribution in [0.1, 0.15) is 43.1 Å². The molecule has 1 heterocycles. The number of rotatable bonds is 4. The Hall–Kier alpha value is -1.55. The fourth-order valence-electron chi connectivity index (χ4n) is 2.35. The summed E-state index contributed by atoms with van der Waals surface area (Å²) in [5, 5.41) is -0.219. The van der Waals surface area contributed by atoms with Crippen molar-refractivity contribution < 1.29 is 4.79 Å². The predicted octanol–water partition coefficient (Wildman–Crippen LogP) is 3.08. The van der Waals surface area contributed by atoms with Crippen molar-refractivity contribution in [1.29, 1.82) is 0 Å². The fraction of sp³-hybridized carbons (Fsp3) is 0.429. The Balaban J connectivity index is 2.61. The highest BCUT2D eigenvalue weighted by atomic mass is 35.5. The Morgan fingerprint density at radius 3 is 2.74 bits per heavy atom. The van der Waals surface area contributed by atoms with Gasteiger partial charge in [0.25, 0.3) is 0 Å². The van der Waals surface area contributed by atoms with Gasteiger partial charge in [-0.2, -0.15) is 0 Å². The van der Waals surface area contributed by atoms with Gasteiger partial charge in [0.15, 0.2) is 0 Å². The zero-order chi connectivity index (χ0) is 14.2. The molecular weight excluding hydrogens is 262 g/mol. The van der Waals surface area contributed by atoms with Gasteiger partial charge in [0.1, 0.15) is 5.82 Å². The van der Waals surface area contributed by atoms with Gasteiger partial charge < -0.3 is 10.3 Å². The number of aryl methyl sites for hydroxylation is 1. The number of alkyl halides is 1. The summed E-state index contributed by atoms with van der Waals surface area (Å²) < 4.78 is 2.01. The normalized spacial score (nSPS) is 14.5. The number of amides is 1. The van der Waals surface area contributed by atoms with Gasteiger partial charge in [-0.25, -0.2) is 4.98 Å². The predicted molar refractivity (Wildman–Crippen MR) is 77.3 cm³/mol. The van der Waals surface area contributed by atoms with E-state index in [1.807, 2.05) is 43.5 Å². The van der Waals surface area contributed by atoms with Crippen molar-refractivity contribution in [3.05, 3.63) is 29.6 Å². The minimum Gasteiger partial charge on any atom is -0.370 e. The fourth-order valence-corrected chi connectivity index (χ4v) is 2.51. The van der Waals surface area contributed by atoms with E-state index in [0.29, 0.717) is 0 Å². The van der Waals surface area contributed by atoms with Gasteiger partial charge in [-0.3, -0.25) is 4.79 Å². The van der Waals surface area contributed by atoms with E-state index in [4.69, 9.17) is 17.3 Å². The van der Waals surface area contributed by atoms with E-state index in [2.05, 4.69) is 4.98 Å². The second-order valence-corrected chi connectivity index (χ2v) is 5.62. The lowest BCUT2D eigenvalue weighted by Crippen LogP contribution is -2.19. The lowest BCUT2D eigenvalue weighted by molar-refractivity contribution is -0.118. The third kappa shape index (κ3) is 2.73. The summed E-state index contributed by atoms with van der Waals surface area (Å²) in [6.07, 6.45) is 0.274. The van der Waals surface area contributed by atoms with Crippen molar-refractivity contribution in [2.75, 3.05) is 0 Å². The maximum Gasteiger partial charge on any atom is 0.219 e. The number of halogens is 1. The summed E-state index contributed by atoms with van der Waals surface area (Å²) in [5.74, 6) is 0.450. The minimum absolute atomic E-state index is 0.0543. The second kappa shape index (κ2) is 5.21. The van der Waals surface area contributed by atoms with Crippen molar-refractivity contribution >= 4 is 28.5 Å². The van der Waals surface area contributed by atoms with Crippen LogP contribution in [-0.2, 0) is 4.79 Å². The standard InChI is InChI=1S/C14H18ClN3O/c1-8-4-5-12-11(6-8)17-14(10(3)15)18(12)9(2)7-13(16)19/h4-6,9-10H,7H2,1-3H3,(H2,16,19). The second-order valence-electron chi connectivity index (χ2n) is 4.97. The monoisotopic (exact) mass is 279 g/mol. The molecule has 4 nitrogen and oxygen atoms in total. The Morgan fingerprint density at radius 1 is 1.47 bits per heavy atom. The van der Waals surface area contributed by atoms with Crippen molar-refractivity contribution in [3.8, 4) is 0 Å². The van der Waals surface area contributed by atoms with Crippen LogP contribution in [0.15, 0.2) is 18.2 Å². The van der Waals surface area contributed by atoms with E-state index < -0.39 is 0 Å². The first-order valence-corrected chi connectivity index (χ1v) is 6.74. The van der Waals surface area contributed by atoms with Crippen LogP contribution in [-0.4, -0.2) is 15.5 Å². The zero-order valence-corrected chi connectivity index (χ0v) is 12.1. The van der Waals surface area contributed by atoms with E-state index in [9.17, 15) is 4.79 Å². The van der Waals surface area contributed by atoms with Crippen LogP contribution in [0.5, 0.6) is 0 Å². The first-order chi connectivity index (χ1) is 8.90. The van der Waals surface area contributed by atoms with Crippen molar-refractivity contribution in [1.82, 2.24) is 9.55 Å². The van der Waals surface area contributed by atoms with Crippen molar-refractivity contribution in [2.45, 2.75) is 38.6 Å². The topological polar surface area (TPSA) is 60.9 Å². The van der Waals surface area contributed by atoms with Gasteiger partial charge in [0.2, 0.25) is 5.91 Å². The maximum atomic E-state index is 11.1. The number of aromatic nitrogens is 2. The molecule has 102 valence electrons. The molecule has 2 N–H and O–H groups in total. The molecule has 0 aliphatic carbocycles. The Labute approximate surface area is 117 Å². The van der Waals surface area contributed by atoms with Crippen molar-refractivity contribution in [3.63, 3.8) is 0 Å². The lowest BCUT2D eigenvalue weighted by Gasteiger charge is -2.17. The Bertz CT molecular complexity index is 618. The average molecular weight is 280 g/mol. The lowest BCUT2D eigenvalue weighted by atomic mass is 10.2. The Morgan fingerprint density at radius 2 is 2.16 bits per heavy atom. The van der Waals surface area contributed by atoms with Gasteiger partial charge >= 0.3 is 0 Å². The van der Waals surface area contributed by atoms with Crippen molar-refractivity contribution in [2.24, 2.45) is 5.73 Å². The van der Waals surface area contributed by atoms with Crippen LogP contribution in [0.2, 0.25) is 0 Å². The van der Waals surface area contributed by atoms with Gasteiger partial charge in [0.05, 0.1) is 16.4 Å². The van der Waals surface area contributed by atoms with E-state index in [0.717, 1.165) is 22.4 Å². The molecule has 0 saturated carbocycles. The molecule has 5 heteroatoms. The highest BCUT2D eigenvalue weighted by molar-refractivity contribution is 6.20. The van der Waals surface area contributed by atoms with Crippen LogP contribution < -0.4 is 5.73 Å². The molecule has 1 aromatic heterocycles. The van der Waals surface area contributed by atoms with Crippen LogP contribution in [0.3, 0.4) is 0 Å². The molecule has 19 heavy (non-hydrogen) atoms. The van der Waals surface area contributed by atoms with E-state index in [-0.39, 0.29) is 23.7 Å². The third-order valence-electron chi connectivity index (χ3n) is 3.17. The van der Waals surface area contributed by atoms with Crippen LogP contribution in [0, 0.1) is 6.92 Å². The van der Waals surface area contributed by atoms with Crippen LogP contribution in [0.4, 0.5) is 0 Å². The number of primary amides is 1. The Kier molecular flexibility index (Phi) is 3.80. The first kappa shape index (κ1) is 13.9. The quantitative estimate of drug-likeness (QED) is 0.874. The summed E-state index contributed by atoms with van der Waals surface area (Å²) in [6, 6.07) is 6.00. The smallest absolute Gasteiger partial charge is 0.219 e. The highest BCUT2D eigenvalue weighted by Gasteiger charge is 2.20. The number of hydrogen-bond donors (Lipinski definition) is 1. The number of carbonyl (C=O) groups is 1. The number of benzene rings is 1. The summed E-state index contributed by atoms with van der Waals surface area (Å²) in [4.78, 5) is 15.7. The molecule has 0 aliphatic heterocycles. The number of carbonyl (C=O) groups excluding carboxylic acids is 1. The molecule has 1 amide bonds. The van der Waals surface area contributed by atoms with E-state index >= 15 is 0 Å². The van der Waals surface area contributed by atoms with E-state index in [1.165, 1.54) is 0 Å². The molecule has 0 saturated heterocycles. The minimum atomic E-state index is -0.324. The number of nitrogens with zero attached hydrogens (tertiary/aromatic N) is 2. The number of hydrogen-bond acceptors (Lipinski definition) is 2. The average Bonchev–Trinajstić information content (AvgIpc) is 2.66. The summed E-state index contributed by atoms with van der Waals surface area (Å²) in [5.41, 5.74) is 8.32. The molecular formula is C14H18ClN3O. The number of imidazole rings is 1. The third-order valence-corrected chi connectivity index (χ3v) is 3.36. The van der Waals surface area contributed by atoms with Gasteiger partial charge in [-0.05, 0) is 38.5 Å². The number of fused-ring (bicyclic) bond motifs is 1. The molecule has 0 radical (unpaired) electrons. The molecule has 2 unspecified atom stereocenters. The molecule has 2 aromatic rings. The molecule has 2 rings (SSSR count). The molecule has 0 fully saturated rings. The SMILES string of the molecule is Cc1ccc2c(c1)nc(C(C)Cl)n2C(C)CC(N)=O. The molecule has 0 aliphatic rings. The molecule has 0 bridgehead atoms. The molecule has 1 aromatic carbocycles. The van der Waals surface area contributed by atoms with Gasteiger partial charge in [-0.15, -0.1) is 11.6 Å². The summed E-state index contributed by atoms with van der Waals surface area (Å²) >= 11 is 6.20. The first-order valence-electron chi connectivity index (χ1n) is 6.31. The molecule has 2 atom stereocenters. The summed E-state index contributed by atoms with van der Waals surface area (Å²) in [6.45, 7) is 5.85. The zero-order valence-electron chi connectivity index (χ0n) is 11.4. The number of nitrogens with two attached hydrogens (primary N) is 1. The maximum absolute atomic E-state index is 11.1. The van der Waals surface area contributed by atoms with E-state index in [1.54, 1.807) is 0 Å². The highest BCUT2D eigenvalue weighted by Crippen LogP contribution is 2.29. The summed E-state index contributed by atoms with van der Waals surface area (Å²) in [7, 11) is 0. The van der Waals surface area contributed by atoms with Gasteiger partial charge in [0, 0.05) is 12.5 Å². The largest absolute Gasteiger partial charge is 0.370 e. The van der Waals surface area contributed by atoms with Gasteiger partial charge in [-0.1, -0.05) is 6.07 Å². The van der Waals surface area contributed by atoms with Crippen LogP contribution >= 0.6 is 11.6 Å². The van der Waals surface area contributed by atoms with Crippen LogP contribution in [0.25, 0.3) is 11.0 Å². The molecule has 0 spiro atoms.